The number of hydrogen-bond acceptors (Lipinski definition) is 3. The third-order valence-electron chi connectivity index (χ3n) is 3.78. The van der Waals surface area contributed by atoms with E-state index in [-0.39, 0.29) is 0 Å². The Morgan fingerprint density at radius 3 is 2.94 bits per heavy atom. The minimum atomic E-state index is 0.820. The second-order valence-electron chi connectivity index (χ2n) is 5.10. The number of anilines is 1. The van der Waals surface area contributed by atoms with Gasteiger partial charge in [-0.1, -0.05) is 6.92 Å². The number of aromatic nitrogens is 1. The third kappa shape index (κ3) is 2.13. The summed E-state index contributed by atoms with van der Waals surface area (Å²) in [4.78, 5) is 4.44. The van der Waals surface area contributed by atoms with E-state index >= 15 is 0 Å². The molecule has 18 heavy (non-hydrogen) atoms. The van der Waals surface area contributed by atoms with Crippen LogP contribution >= 0.6 is 0 Å². The van der Waals surface area contributed by atoms with Crippen LogP contribution in [-0.2, 0) is 0 Å². The minimum Gasteiger partial charge on any atom is -0.497 e. The molecular weight excluding hydrogens is 224 g/mol. The Morgan fingerprint density at radius 2 is 2.22 bits per heavy atom. The van der Waals surface area contributed by atoms with E-state index in [0.29, 0.717) is 0 Å². The number of nitrogens with one attached hydrogen (secondary N) is 1. The van der Waals surface area contributed by atoms with Gasteiger partial charge in [0.2, 0.25) is 0 Å². The Balaban J connectivity index is 1.86. The fourth-order valence-electron chi connectivity index (χ4n) is 2.34. The monoisotopic (exact) mass is 242 g/mol. The lowest BCUT2D eigenvalue weighted by Crippen LogP contribution is -2.06. The number of ether oxygens (including phenoxy) is 1. The van der Waals surface area contributed by atoms with Crippen molar-refractivity contribution in [2.75, 3.05) is 19.0 Å². The van der Waals surface area contributed by atoms with E-state index in [1.165, 1.54) is 6.42 Å². The van der Waals surface area contributed by atoms with Crippen molar-refractivity contribution in [1.29, 1.82) is 0 Å². The fraction of sp³-hybridized carbons (Fsp3) is 0.400. The van der Waals surface area contributed by atoms with Crippen LogP contribution in [0, 0.1) is 11.8 Å². The number of rotatable bonds is 4. The van der Waals surface area contributed by atoms with E-state index in [9.17, 15) is 0 Å². The normalized spacial score (nSPS) is 21.9. The summed E-state index contributed by atoms with van der Waals surface area (Å²) >= 11 is 0. The molecule has 0 bridgehead atoms. The van der Waals surface area contributed by atoms with E-state index in [4.69, 9.17) is 4.74 Å². The van der Waals surface area contributed by atoms with E-state index in [1.807, 2.05) is 24.4 Å². The molecule has 0 saturated heterocycles. The second kappa shape index (κ2) is 4.48. The standard InChI is InChI=1S/C15H18N2O/c1-10-7-12(10)9-17-15-14-4-3-13(18-2)8-11(14)5-6-16-15/h3-6,8,10,12H,7,9H2,1-2H3,(H,16,17). The van der Waals surface area contributed by atoms with Crippen LogP contribution in [0.15, 0.2) is 30.5 Å². The van der Waals surface area contributed by atoms with Crippen molar-refractivity contribution in [2.24, 2.45) is 11.8 Å². The molecule has 3 heteroatoms. The predicted octanol–water partition coefficient (Wildman–Crippen LogP) is 3.31. The molecule has 1 aromatic carbocycles. The number of fused-ring (bicyclic) bond motifs is 1. The van der Waals surface area contributed by atoms with Gasteiger partial charge in [-0.05, 0) is 47.9 Å². The summed E-state index contributed by atoms with van der Waals surface area (Å²) in [6.07, 6.45) is 3.19. The van der Waals surface area contributed by atoms with E-state index in [2.05, 4.69) is 23.3 Å². The molecule has 1 saturated carbocycles. The smallest absolute Gasteiger partial charge is 0.133 e. The summed E-state index contributed by atoms with van der Waals surface area (Å²) in [5.41, 5.74) is 0. The first-order chi connectivity index (χ1) is 8.78. The Bertz CT molecular complexity index is 567. The number of pyridine rings is 1. The number of hydrogen-bond donors (Lipinski definition) is 1. The van der Waals surface area contributed by atoms with Gasteiger partial charge in [0.25, 0.3) is 0 Å². The summed E-state index contributed by atoms with van der Waals surface area (Å²) in [7, 11) is 1.69. The van der Waals surface area contributed by atoms with Gasteiger partial charge >= 0.3 is 0 Å². The SMILES string of the molecule is COc1ccc2c(NCC3CC3C)nccc2c1. The molecule has 1 aliphatic rings. The third-order valence-corrected chi connectivity index (χ3v) is 3.78. The molecule has 94 valence electrons. The molecule has 1 aromatic heterocycles. The first kappa shape index (κ1) is 11.3. The van der Waals surface area contributed by atoms with Gasteiger partial charge in [0.05, 0.1) is 7.11 Å². The van der Waals surface area contributed by atoms with Crippen molar-refractivity contribution >= 4 is 16.6 Å². The van der Waals surface area contributed by atoms with Gasteiger partial charge in [0, 0.05) is 18.1 Å². The van der Waals surface area contributed by atoms with Gasteiger partial charge in [-0.25, -0.2) is 4.98 Å². The molecule has 0 aliphatic heterocycles. The molecule has 1 aliphatic carbocycles. The van der Waals surface area contributed by atoms with Crippen LogP contribution in [0.25, 0.3) is 10.8 Å². The Labute approximate surface area is 107 Å². The van der Waals surface area contributed by atoms with Crippen LogP contribution in [0.3, 0.4) is 0 Å². The Kier molecular flexibility index (Phi) is 2.82. The zero-order valence-electron chi connectivity index (χ0n) is 10.8. The molecule has 1 N–H and O–H groups in total. The predicted molar refractivity (Wildman–Crippen MR) is 74.1 cm³/mol. The highest BCUT2D eigenvalue weighted by molar-refractivity contribution is 5.92. The van der Waals surface area contributed by atoms with Crippen LogP contribution in [0.1, 0.15) is 13.3 Å². The topological polar surface area (TPSA) is 34.1 Å². The second-order valence-corrected chi connectivity index (χ2v) is 5.10. The van der Waals surface area contributed by atoms with Gasteiger partial charge in [0.15, 0.2) is 0 Å². The number of methoxy groups -OCH3 is 1. The molecule has 1 heterocycles. The average Bonchev–Trinajstić information content (AvgIpc) is 3.11. The van der Waals surface area contributed by atoms with Crippen molar-refractivity contribution in [1.82, 2.24) is 4.98 Å². The van der Waals surface area contributed by atoms with Gasteiger partial charge in [-0.15, -0.1) is 0 Å². The lowest BCUT2D eigenvalue weighted by Gasteiger charge is -2.09. The van der Waals surface area contributed by atoms with Gasteiger partial charge in [-0.2, -0.15) is 0 Å². The minimum absolute atomic E-state index is 0.820. The maximum absolute atomic E-state index is 5.24. The van der Waals surface area contributed by atoms with Crippen molar-refractivity contribution in [3.63, 3.8) is 0 Å². The molecule has 0 spiro atoms. The molecule has 2 atom stereocenters. The first-order valence-corrected chi connectivity index (χ1v) is 6.44. The van der Waals surface area contributed by atoms with Crippen LogP contribution in [0.5, 0.6) is 5.75 Å². The molecule has 3 nitrogen and oxygen atoms in total. The first-order valence-electron chi connectivity index (χ1n) is 6.44. The zero-order valence-corrected chi connectivity index (χ0v) is 10.8. The molecule has 0 radical (unpaired) electrons. The van der Waals surface area contributed by atoms with Crippen molar-refractivity contribution in [3.05, 3.63) is 30.5 Å². The van der Waals surface area contributed by atoms with Crippen LogP contribution < -0.4 is 10.1 Å². The average molecular weight is 242 g/mol. The Hall–Kier alpha value is -1.77. The molecule has 0 amide bonds. The molecule has 1 fully saturated rings. The maximum Gasteiger partial charge on any atom is 0.133 e. The highest BCUT2D eigenvalue weighted by Crippen LogP contribution is 2.37. The molecule has 3 rings (SSSR count). The summed E-state index contributed by atoms with van der Waals surface area (Å²) < 4.78 is 5.24. The summed E-state index contributed by atoms with van der Waals surface area (Å²) in [6, 6.07) is 8.11. The molecule has 2 unspecified atom stereocenters. The zero-order chi connectivity index (χ0) is 12.5. The van der Waals surface area contributed by atoms with E-state index in [0.717, 1.165) is 40.7 Å². The highest BCUT2D eigenvalue weighted by Gasteiger charge is 2.31. The van der Waals surface area contributed by atoms with Crippen molar-refractivity contribution < 1.29 is 4.74 Å². The van der Waals surface area contributed by atoms with Crippen LogP contribution in [0.2, 0.25) is 0 Å². The van der Waals surface area contributed by atoms with Gasteiger partial charge in [-0.3, -0.25) is 0 Å². The number of benzene rings is 1. The number of nitrogens with zero attached hydrogens (tertiary/aromatic N) is 1. The van der Waals surface area contributed by atoms with Crippen molar-refractivity contribution in [3.8, 4) is 5.75 Å². The molecular formula is C15H18N2O. The summed E-state index contributed by atoms with van der Waals surface area (Å²) in [5.74, 6) is 3.55. The van der Waals surface area contributed by atoms with Gasteiger partial charge in [0.1, 0.15) is 11.6 Å². The summed E-state index contributed by atoms with van der Waals surface area (Å²) in [5, 5.41) is 5.79. The van der Waals surface area contributed by atoms with E-state index in [1.54, 1.807) is 7.11 Å². The highest BCUT2D eigenvalue weighted by atomic mass is 16.5. The van der Waals surface area contributed by atoms with Crippen molar-refractivity contribution in [2.45, 2.75) is 13.3 Å². The van der Waals surface area contributed by atoms with E-state index < -0.39 is 0 Å². The van der Waals surface area contributed by atoms with Crippen LogP contribution in [0.4, 0.5) is 5.82 Å². The Morgan fingerprint density at radius 1 is 1.39 bits per heavy atom. The summed E-state index contributed by atoms with van der Waals surface area (Å²) in [6.45, 7) is 3.33. The lowest BCUT2D eigenvalue weighted by molar-refractivity contribution is 0.415. The lowest BCUT2D eigenvalue weighted by atomic mass is 10.1. The fourth-order valence-corrected chi connectivity index (χ4v) is 2.34. The largest absolute Gasteiger partial charge is 0.497 e. The quantitative estimate of drug-likeness (QED) is 0.893. The molecule has 2 aromatic rings. The maximum atomic E-state index is 5.24. The van der Waals surface area contributed by atoms with Gasteiger partial charge < -0.3 is 10.1 Å². The van der Waals surface area contributed by atoms with Crippen LogP contribution in [-0.4, -0.2) is 18.6 Å².